The van der Waals surface area contributed by atoms with Gasteiger partial charge in [0.25, 0.3) is 5.78 Å². The van der Waals surface area contributed by atoms with Gasteiger partial charge < -0.3 is 14.6 Å². The molecule has 0 spiro atoms. The highest BCUT2D eigenvalue weighted by atomic mass is 16.5. The van der Waals surface area contributed by atoms with Gasteiger partial charge in [0, 0.05) is 0 Å². The Bertz CT molecular complexity index is 247. The Balaban J connectivity index is 4.09. The van der Waals surface area contributed by atoms with E-state index in [2.05, 4.69) is 9.47 Å². The van der Waals surface area contributed by atoms with Crippen molar-refractivity contribution in [3.05, 3.63) is 0 Å². The molecule has 1 unspecified atom stereocenters. The molecule has 0 radical (unpaired) electrons. The van der Waals surface area contributed by atoms with E-state index in [0.29, 0.717) is 0 Å². The van der Waals surface area contributed by atoms with Gasteiger partial charge in [0.1, 0.15) is 6.10 Å². The van der Waals surface area contributed by atoms with Crippen molar-refractivity contribution in [1.82, 2.24) is 0 Å². The molecule has 1 atom stereocenters. The molecule has 0 aromatic carbocycles. The molecular weight excluding hydrogens is 204 g/mol. The molecule has 6 nitrogen and oxygen atoms in total. The number of rotatable bonds is 6. The lowest BCUT2D eigenvalue weighted by Gasteiger charge is -2.07. The van der Waals surface area contributed by atoms with Gasteiger partial charge in [-0.15, -0.1) is 0 Å². The first-order valence-corrected chi connectivity index (χ1v) is 4.57. The lowest BCUT2D eigenvalue weighted by atomic mass is 10.2. The summed E-state index contributed by atoms with van der Waals surface area (Å²) in [4.78, 5) is 32.7. The molecule has 0 saturated heterocycles. The van der Waals surface area contributed by atoms with Crippen LogP contribution in [0.15, 0.2) is 0 Å². The molecule has 0 aromatic rings. The van der Waals surface area contributed by atoms with Crippen molar-refractivity contribution in [2.45, 2.75) is 26.4 Å². The highest BCUT2D eigenvalue weighted by molar-refractivity contribution is 6.35. The summed E-state index contributed by atoms with van der Waals surface area (Å²) in [6.45, 7) is 3.32. The summed E-state index contributed by atoms with van der Waals surface area (Å²) in [5, 5.41) is 9.16. The van der Waals surface area contributed by atoms with E-state index >= 15 is 0 Å². The molecule has 0 amide bonds. The Morgan fingerprint density at radius 2 is 1.67 bits per heavy atom. The minimum Gasteiger partial charge on any atom is -0.466 e. The fourth-order valence-corrected chi connectivity index (χ4v) is 0.809. The molecule has 0 heterocycles. The van der Waals surface area contributed by atoms with Gasteiger partial charge >= 0.3 is 11.9 Å². The third-order valence-corrected chi connectivity index (χ3v) is 1.44. The van der Waals surface area contributed by atoms with Gasteiger partial charge in [0.15, 0.2) is 0 Å². The van der Waals surface area contributed by atoms with Gasteiger partial charge in [-0.25, -0.2) is 4.79 Å². The molecule has 0 aliphatic heterocycles. The second kappa shape index (κ2) is 6.94. The maximum absolute atomic E-state index is 11.0. The van der Waals surface area contributed by atoms with Crippen LogP contribution in [0.3, 0.4) is 0 Å². The van der Waals surface area contributed by atoms with Crippen LogP contribution >= 0.6 is 0 Å². The predicted molar refractivity (Wildman–Crippen MR) is 48.9 cm³/mol. The number of ketones is 1. The summed E-state index contributed by atoms with van der Waals surface area (Å²) in [7, 11) is 0. The van der Waals surface area contributed by atoms with Crippen LogP contribution in [-0.4, -0.2) is 42.1 Å². The summed E-state index contributed by atoms with van der Waals surface area (Å²) >= 11 is 0. The second-order valence-electron chi connectivity index (χ2n) is 2.61. The third kappa shape index (κ3) is 5.11. The minimum atomic E-state index is -1.69. The maximum atomic E-state index is 11.0. The average molecular weight is 218 g/mol. The Morgan fingerprint density at radius 1 is 1.13 bits per heavy atom. The molecule has 86 valence electrons. The quantitative estimate of drug-likeness (QED) is 0.474. The highest BCUT2D eigenvalue weighted by Crippen LogP contribution is 1.98. The van der Waals surface area contributed by atoms with Crippen molar-refractivity contribution < 1.29 is 29.0 Å². The number of hydrogen-bond acceptors (Lipinski definition) is 6. The van der Waals surface area contributed by atoms with Crippen LogP contribution < -0.4 is 0 Å². The van der Waals surface area contributed by atoms with Crippen LogP contribution in [0, 0.1) is 0 Å². The molecular formula is C9H14O6. The number of Topliss-reactive ketones (excluding diaryl/α,β-unsaturated/α-hetero) is 1. The van der Waals surface area contributed by atoms with Crippen LogP contribution in [0.25, 0.3) is 0 Å². The zero-order valence-corrected chi connectivity index (χ0v) is 8.69. The number of aliphatic hydroxyl groups is 1. The smallest absolute Gasteiger partial charge is 0.377 e. The van der Waals surface area contributed by atoms with Crippen molar-refractivity contribution in [3.8, 4) is 0 Å². The van der Waals surface area contributed by atoms with Crippen LogP contribution in [0.1, 0.15) is 20.3 Å². The SMILES string of the molecule is CCOC(=O)CC(O)C(=O)C(=O)OCC. The fraction of sp³-hybridized carbons (Fsp3) is 0.667. The number of hydrogen-bond donors (Lipinski definition) is 1. The number of esters is 2. The van der Waals surface area contributed by atoms with E-state index in [0.717, 1.165) is 0 Å². The van der Waals surface area contributed by atoms with E-state index in [1.54, 1.807) is 6.92 Å². The zero-order valence-electron chi connectivity index (χ0n) is 8.69. The number of aliphatic hydroxyl groups excluding tert-OH is 1. The van der Waals surface area contributed by atoms with Gasteiger partial charge in [-0.2, -0.15) is 0 Å². The Morgan fingerprint density at radius 3 is 2.13 bits per heavy atom. The monoisotopic (exact) mass is 218 g/mol. The van der Waals surface area contributed by atoms with E-state index in [4.69, 9.17) is 5.11 Å². The normalized spacial score (nSPS) is 11.7. The van der Waals surface area contributed by atoms with Crippen molar-refractivity contribution in [1.29, 1.82) is 0 Å². The molecule has 0 fully saturated rings. The van der Waals surface area contributed by atoms with Gasteiger partial charge in [-0.1, -0.05) is 0 Å². The van der Waals surface area contributed by atoms with Crippen LogP contribution in [0.4, 0.5) is 0 Å². The molecule has 0 aliphatic carbocycles. The average Bonchev–Trinajstić information content (AvgIpc) is 2.17. The zero-order chi connectivity index (χ0) is 11.8. The van der Waals surface area contributed by atoms with Crippen LogP contribution in [0.5, 0.6) is 0 Å². The summed E-state index contributed by atoms with van der Waals surface area (Å²) in [6, 6.07) is 0. The summed E-state index contributed by atoms with van der Waals surface area (Å²) in [5.41, 5.74) is 0. The van der Waals surface area contributed by atoms with Gasteiger partial charge in [0.05, 0.1) is 19.6 Å². The van der Waals surface area contributed by atoms with E-state index in [-0.39, 0.29) is 13.2 Å². The standard InChI is InChI=1S/C9H14O6/c1-3-14-7(11)5-6(10)8(12)9(13)15-4-2/h6,10H,3-5H2,1-2H3. The molecule has 6 heteroatoms. The molecule has 0 bridgehead atoms. The predicted octanol–water partition coefficient (Wildman–Crippen LogP) is -0.567. The molecule has 0 aliphatic rings. The van der Waals surface area contributed by atoms with E-state index in [1.165, 1.54) is 6.92 Å². The topological polar surface area (TPSA) is 89.9 Å². The second-order valence-corrected chi connectivity index (χ2v) is 2.61. The summed E-state index contributed by atoms with van der Waals surface area (Å²) in [6.07, 6.45) is -2.23. The first kappa shape index (κ1) is 13.6. The molecule has 15 heavy (non-hydrogen) atoms. The van der Waals surface area contributed by atoms with Crippen molar-refractivity contribution in [2.24, 2.45) is 0 Å². The van der Waals surface area contributed by atoms with Gasteiger partial charge in [-0.3, -0.25) is 9.59 Å². The van der Waals surface area contributed by atoms with Gasteiger partial charge in [0.2, 0.25) is 0 Å². The number of ether oxygens (including phenoxy) is 2. The summed E-state index contributed by atoms with van der Waals surface area (Å²) in [5.74, 6) is -3.01. The first-order chi connectivity index (χ1) is 7.02. The molecule has 1 N–H and O–H groups in total. The highest BCUT2D eigenvalue weighted by Gasteiger charge is 2.26. The fourth-order valence-electron chi connectivity index (χ4n) is 0.809. The maximum Gasteiger partial charge on any atom is 0.377 e. The lowest BCUT2D eigenvalue weighted by molar-refractivity contribution is -0.159. The Labute approximate surface area is 87.2 Å². The van der Waals surface area contributed by atoms with Crippen molar-refractivity contribution in [2.75, 3.05) is 13.2 Å². The van der Waals surface area contributed by atoms with Crippen molar-refractivity contribution in [3.63, 3.8) is 0 Å². The van der Waals surface area contributed by atoms with E-state index in [9.17, 15) is 14.4 Å². The molecule has 0 rings (SSSR count). The van der Waals surface area contributed by atoms with Crippen LogP contribution in [0.2, 0.25) is 0 Å². The Kier molecular flexibility index (Phi) is 6.28. The van der Waals surface area contributed by atoms with E-state index < -0.39 is 30.2 Å². The molecule has 0 saturated carbocycles. The number of carbonyl (C=O) groups is 3. The van der Waals surface area contributed by atoms with E-state index in [1.807, 2.05) is 0 Å². The van der Waals surface area contributed by atoms with Crippen molar-refractivity contribution >= 4 is 17.7 Å². The lowest BCUT2D eigenvalue weighted by Crippen LogP contribution is -2.32. The molecule has 0 aromatic heterocycles. The summed E-state index contributed by atoms with van der Waals surface area (Å²) < 4.78 is 8.86. The van der Waals surface area contributed by atoms with Gasteiger partial charge in [-0.05, 0) is 13.8 Å². The first-order valence-electron chi connectivity index (χ1n) is 4.57. The largest absolute Gasteiger partial charge is 0.466 e. The Hall–Kier alpha value is -1.43. The minimum absolute atomic E-state index is 0.0384. The third-order valence-electron chi connectivity index (χ3n) is 1.44. The van der Waals surface area contributed by atoms with Crippen LogP contribution in [-0.2, 0) is 23.9 Å². The number of carbonyl (C=O) groups excluding carboxylic acids is 3.